The second kappa shape index (κ2) is 8.38. The Labute approximate surface area is 157 Å². The highest BCUT2D eigenvalue weighted by Gasteiger charge is 2.35. The number of hydrogen-bond donors (Lipinski definition) is 0. The summed E-state index contributed by atoms with van der Waals surface area (Å²) in [5.74, 6) is 0.636. The molecule has 140 valence electrons. The lowest BCUT2D eigenvalue weighted by atomic mass is 9.99. The van der Waals surface area contributed by atoms with Crippen LogP contribution in [0.25, 0.3) is 0 Å². The summed E-state index contributed by atoms with van der Waals surface area (Å²) in [4.78, 5) is 2.84. The molecule has 1 aromatic carbocycles. The van der Waals surface area contributed by atoms with Crippen molar-refractivity contribution in [3.05, 3.63) is 29.8 Å². The quantitative estimate of drug-likeness (QED) is 0.728. The first-order valence-electron chi connectivity index (χ1n) is 9.41. The van der Waals surface area contributed by atoms with E-state index < -0.39 is 10.0 Å². The van der Waals surface area contributed by atoms with Gasteiger partial charge < -0.3 is 0 Å². The van der Waals surface area contributed by atoms with E-state index in [2.05, 4.69) is 4.90 Å². The van der Waals surface area contributed by atoms with E-state index in [1.165, 1.54) is 12.8 Å². The van der Waals surface area contributed by atoms with Gasteiger partial charge in [0.2, 0.25) is 10.0 Å². The molecule has 0 amide bonds. The summed E-state index contributed by atoms with van der Waals surface area (Å²) in [5, 5.41) is 0. The predicted molar refractivity (Wildman–Crippen MR) is 103 cm³/mol. The van der Waals surface area contributed by atoms with Crippen molar-refractivity contribution < 1.29 is 8.42 Å². The molecular weight excluding hydrogens is 356 g/mol. The molecule has 2 saturated heterocycles. The van der Waals surface area contributed by atoms with Gasteiger partial charge in [-0.25, -0.2) is 8.42 Å². The molecule has 2 aliphatic rings. The molecular formula is C19H29ClN2O2S. The second-order valence-electron chi connectivity index (χ2n) is 7.38. The lowest BCUT2D eigenvalue weighted by molar-refractivity contribution is 0.112. The number of alkyl halides is 1. The van der Waals surface area contributed by atoms with Crippen molar-refractivity contribution in [2.45, 2.75) is 62.4 Å². The Kier molecular flexibility index (Phi) is 6.42. The second-order valence-corrected chi connectivity index (χ2v) is 9.58. The van der Waals surface area contributed by atoms with E-state index in [1.54, 1.807) is 16.4 Å². The van der Waals surface area contributed by atoms with Crippen LogP contribution >= 0.6 is 11.6 Å². The van der Waals surface area contributed by atoms with E-state index in [1.807, 2.05) is 19.1 Å². The summed E-state index contributed by atoms with van der Waals surface area (Å²) in [7, 11) is -3.43. The number of rotatable bonds is 5. The zero-order valence-electron chi connectivity index (χ0n) is 15.0. The maximum absolute atomic E-state index is 13.2. The Morgan fingerprint density at radius 2 is 1.64 bits per heavy atom. The van der Waals surface area contributed by atoms with Gasteiger partial charge in [-0.05, 0) is 51.3 Å². The fraction of sp³-hybridized carbons (Fsp3) is 0.684. The molecule has 0 radical (unpaired) electrons. The summed E-state index contributed by atoms with van der Waals surface area (Å²) in [5.41, 5.74) is 1.08. The molecule has 1 aromatic rings. The van der Waals surface area contributed by atoms with Crippen LogP contribution in [0.5, 0.6) is 0 Å². The van der Waals surface area contributed by atoms with Gasteiger partial charge in [0.1, 0.15) is 0 Å². The van der Waals surface area contributed by atoms with E-state index in [0.717, 1.165) is 44.3 Å². The summed E-state index contributed by atoms with van der Waals surface area (Å²) < 4.78 is 28.1. The average Bonchev–Trinajstić information content (AvgIpc) is 2.63. The first-order chi connectivity index (χ1) is 12.0. The molecule has 6 heteroatoms. The van der Waals surface area contributed by atoms with Crippen LogP contribution in [0.4, 0.5) is 0 Å². The Bertz CT molecular complexity index is 663. The molecule has 4 nitrogen and oxygen atoms in total. The number of sulfonamides is 1. The molecule has 2 aliphatic heterocycles. The van der Waals surface area contributed by atoms with E-state index in [9.17, 15) is 8.42 Å². The molecule has 0 N–H and O–H groups in total. The summed E-state index contributed by atoms with van der Waals surface area (Å²) >= 11 is 6.16. The molecule has 25 heavy (non-hydrogen) atoms. The van der Waals surface area contributed by atoms with Crippen molar-refractivity contribution in [2.75, 3.05) is 25.5 Å². The summed E-state index contributed by atoms with van der Waals surface area (Å²) in [6.45, 7) is 4.44. The van der Waals surface area contributed by atoms with Gasteiger partial charge in [-0.1, -0.05) is 30.5 Å². The van der Waals surface area contributed by atoms with Crippen molar-refractivity contribution >= 4 is 21.6 Å². The number of hydrogen-bond acceptors (Lipinski definition) is 3. The van der Waals surface area contributed by atoms with Crippen LogP contribution in [-0.4, -0.2) is 55.2 Å². The fourth-order valence-electron chi connectivity index (χ4n) is 4.06. The Balaban J connectivity index is 1.79. The highest BCUT2D eigenvalue weighted by atomic mass is 35.5. The third-order valence-corrected chi connectivity index (χ3v) is 7.90. The van der Waals surface area contributed by atoms with E-state index >= 15 is 0 Å². The number of nitrogens with zero attached hydrogens (tertiary/aromatic N) is 2. The standard InChI is InChI=1S/C19H29ClN2O2S/c1-16-8-10-19(11-9-16)25(23,24)22-13-5-3-7-18(22)15-21-12-4-2-6-17(21)14-20/h8-11,17-18H,2-7,12-15H2,1H3. The molecule has 2 unspecified atom stereocenters. The number of benzene rings is 1. The van der Waals surface area contributed by atoms with Crippen molar-refractivity contribution in [1.29, 1.82) is 0 Å². The first kappa shape index (κ1) is 19.2. The topological polar surface area (TPSA) is 40.6 Å². The molecule has 0 aromatic heterocycles. The number of likely N-dealkylation sites (tertiary alicyclic amines) is 1. The minimum atomic E-state index is -3.43. The third kappa shape index (κ3) is 4.38. The molecule has 2 atom stereocenters. The molecule has 0 bridgehead atoms. The average molecular weight is 385 g/mol. The van der Waals surface area contributed by atoms with Gasteiger partial charge in [-0.2, -0.15) is 4.31 Å². The lowest BCUT2D eigenvalue weighted by Gasteiger charge is -2.41. The van der Waals surface area contributed by atoms with Crippen LogP contribution in [0, 0.1) is 6.92 Å². The van der Waals surface area contributed by atoms with E-state index in [4.69, 9.17) is 11.6 Å². The van der Waals surface area contributed by atoms with Crippen molar-refractivity contribution in [3.8, 4) is 0 Å². The Morgan fingerprint density at radius 3 is 2.32 bits per heavy atom. The van der Waals surface area contributed by atoms with Gasteiger partial charge in [0.15, 0.2) is 0 Å². The number of piperidine rings is 2. The van der Waals surface area contributed by atoms with Crippen molar-refractivity contribution in [1.82, 2.24) is 9.21 Å². The van der Waals surface area contributed by atoms with Crippen LogP contribution < -0.4 is 0 Å². The first-order valence-corrected chi connectivity index (χ1v) is 11.4. The van der Waals surface area contributed by atoms with Crippen LogP contribution in [0.2, 0.25) is 0 Å². The smallest absolute Gasteiger partial charge is 0.243 e. The third-order valence-electron chi connectivity index (χ3n) is 5.57. The van der Waals surface area contributed by atoms with Gasteiger partial charge >= 0.3 is 0 Å². The van der Waals surface area contributed by atoms with E-state index in [0.29, 0.717) is 23.4 Å². The van der Waals surface area contributed by atoms with Gasteiger partial charge in [0.05, 0.1) is 4.90 Å². The molecule has 2 heterocycles. The maximum atomic E-state index is 13.2. The minimum Gasteiger partial charge on any atom is -0.298 e. The highest BCUT2D eigenvalue weighted by Crippen LogP contribution is 2.28. The van der Waals surface area contributed by atoms with Crippen molar-refractivity contribution in [3.63, 3.8) is 0 Å². The summed E-state index contributed by atoms with van der Waals surface area (Å²) in [6.07, 6.45) is 6.52. The summed E-state index contributed by atoms with van der Waals surface area (Å²) in [6, 6.07) is 7.67. The van der Waals surface area contributed by atoms with Gasteiger partial charge in [-0.15, -0.1) is 11.6 Å². The van der Waals surface area contributed by atoms with Gasteiger partial charge in [0, 0.05) is 31.1 Å². The van der Waals surface area contributed by atoms with E-state index in [-0.39, 0.29) is 6.04 Å². The van der Waals surface area contributed by atoms with Crippen LogP contribution in [0.3, 0.4) is 0 Å². The molecule has 3 rings (SSSR count). The van der Waals surface area contributed by atoms with Crippen LogP contribution in [-0.2, 0) is 10.0 Å². The molecule has 0 saturated carbocycles. The van der Waals surface area contributed by atoms with Gasteiger partial charge in [-0.3, -0.25) is 4.90 Å². The van der Waals surface area contributed by atoms with Gasteiger partial charge in [0.25, 0.3) is 0 Å². The van der Waals surface area contributed by atoms with Crippen molar-refractivity contribution in [2.24, 2.45) is 0 Å². The zero-order valence-corrected chi connectivity index (χ0v) is 16.6. The maximum Gasteiger partial charge on any atom is 0.243 e. The van der Waals surface area contributed by atoms with Crippen LogP contribution in [0.15, 0.2) is 29.2 Å². The molecule has 0 spiro atoms. The normalized spacial score (nSPS) is 26.6. The largest absolute Gasteiger partial charge is 0.298 e. The molecule has 0 aliphatic carbocycles. The Morgan fingerprint density at radius 1 is 1.00 bits per heavy atom. The number of halogens is 1. The lowest BCUT2D eigenvalue weighted by Crippen LogP contribution is -2.52. The van der Waals surface area contributed by atoms with Crippen LogP contribution in [0.1, 0.15) is 44.1 Å². The fourth-order valence-corrected chi connectivity index (χ4v) is 6.10. The Hall–Kier alpha value is -0.620. The number of aryl methyl sites for hydroxylation is 1. The highest BCUT2D eigenvalue weighted by molar-refractivity contribution is 7.89. The predicted octanol–water partition coefficient (Wildman–Crippen LogP) is 3.63. The minimum absolute atomic E-state index is 0.0591. The monoisotopic (exact) mass is 384 g/mol. The zero-order chi connectivity index (χ0) is 17.9. The SMILES string of the molecule is Cc1ccc(S(=O)(=O)N2CCCCC2CN2CCCCC2CCl)cc1. The molecule has 2 fully saturated rings.